The number of hydrogen-bond acceptors (Lipinski definition) is 2. The van der Waals surface area contributed by atoms with Crippen molar-refractivity contribution in [2.75, 3.05) is 0 Å². The molecule has 0 saturated heterocycles. The third-order valence-corrected chi connectivity index (χ3v) is 7.98. The first-order valence-electron chi connectivity index (χ1n) is 11.4. The van der Waals surface area contributed by atoms with E-state index in [1.54, 1.807) is 0 Å². The Labute approximate surface area is 176 Å². The predicted molar refractivity (Wildman–Crippen MR) is 109 cm³/mol. The van der Waals surface area contributed by atoms with Crippen molar-refractivity contribution in [3.05, 3.63) is 42.2 Å². The van der Waals surface area contributed by atoms with Crippen LogP contribution in [0.15, 0.2) is 24.8 Å². The highest BCUT2D eigenvalue weighted by molar-refractivity contribution is 5.75. The zero-order valence-corrected chi connectivity index (χ0v) is 17.4. The van der Waals surface area contributed by atoms with Gasteiger partial charge in [-0.2, -0.15) is 0 Å². The summed E-state index contributed by atoms with van der Waals surface area (Å²) in [4.78, 5) is 12.4. The van der Waals surface area contributed by atoms with Gasteiger partial charge in [0.1, 0.15) is 5.75 Å². The highest BCUT2D eigenvalue weighted by Crippen LogP contribution is 2.49. The van der Waals surface area contributed by atoms with Gasteiger partial charge in [0.2, 0.25) is 0 Å². The van der Waals surface area contributed by atoms with E-state index < -0.39 is 23.4 Å². The number of benzene rings is 1. The topological polar surface area (TPSA) is 26.3 Å². The maximum Gasteiger partial charge on any atom is 0.314 e. The average Bonchev–Trinajstić information content (AvgIpc) is 2.76. The molecule has 0 radical (unpaired) electrons. The Kier molecular flexibility index (Phi) is 6.54. The summed E-state index contributed by atoms with van der Waals surface area (Å²) in [5, 5.41) is 0. The zero-order valence-electron chi connectivity index (χ0n) is 17.4. The van der Waals surface area contributed by atoms with Crippen LogP contribution in [0.4, 0.5) is 13.2 Å². The van der Waals surface area contributed by atoms with E-state index in [2.05, 4.69) is 12.7 Å². The highest BCUT2D eigenvalue weighted by Gasteiger charge is 2.39. The van der Waals surface area contributed by atoms with E-state index in [1.165, 1.54) is 38.5 Å². The van der Waals surface area contributed by atoms with Crippen LogP contribution < -0.4 is 4.74 Å². The summed E-state index contributed by atoms with van der Waals surface area (Å²) in [6.45, 7) is 3.98. The molecular weight excluding hydrogens is 389 g/mol. The van der Waals surface area contributed by atoms with Crippen LogP contribution in [-0.2, 0) is 4.79 Å². The van der Waals surface area contributed by atoms with Crippen molar-refractivity contribution in [2.24, 2.45) is 35.5 Å². The molecule has 0 aliphatic heterocycles. The number of carbonyl (C=O) groups excluding carboxylic acids is 1. The first-order chi connectivity index (χ1) is 14.4. The summed E-state index contributed by atoms with van der Waals surface area (Å²) < 4.78 is 44.9. The Morgan fingerprint density at radius 3 is 2.00 bits per heavy atom. The first-order valence-corrected chi connectivity index (χ1v) is 11.4. The van der Waals surface area contributed by atoms with Crippen LogP contribution in [0.5, 0.6) is 5.75 Å². The molecule has 3 aliphatic carbocycles. The van der Waals surface area contributed by atoms with Gasteiger partial charge >= 0.3 is 5.97 Å². The van der Waals surface area contributed by atoms with Gasteiger partial charge in [-0.1, -0.05) is 6.08 Å². The number of allylic oxidation sites excluding steroid dienone is 1. The minimum atomic E-state index is -1.55. The largest absolute Gasteiger partial charge is 0.426 e. The third kappa shape index (κ3) is 4.60. The maximum atomic E-state index is 13.3. The summed E-state index contributed by atoms with van der Waals surface area (Å²) in [5.74, 6) is -1.41. The fourth-order valence-electron chi connectivity index (χ4n) is 6.22. The van der Waals surface area contributed by atoms with Crippen LogP contribution in [0, 0.1) is 53.0 Å². The number of ether oxygens (including phenoxy) is 1. The van der Waals surface area contributed by atoms with Gasteiger partial charge in [0.05, 0.1) is 5.92 Å². The molecule has 0 aromatic heterocycles. The third-order valence-electron chi connectivity index (χ3n) is 7.98. The van der Waals surface area contributed by atoms with Crippen LogP contribution >= 0.6 is 0 Å². The van der Waals surface area contributed by atoms with Crippen molar-refractivity contribution in [1.82, 2.24) is 0 Å². The molecule has 1 aromatic rings. The molecule has 0 heterocycles. The van der Waals surface area contributed by atoms with Crippen molar-refractivity contribution in [3.63, 3.8) is 0 Å². The second-order valence-corrected chi connectivity index (χ2v) is 9.64. The van der Waals surface area contributed by atoms with Gasteiger partial charge in [-0.05, 0) is 93.8 Å². The van der Waals surface area contributed by atoms with Crippen LogP contribution in [0.25, 0.3) is 0 Å². The van der Waals surface area contributed by atoms with Crippen molar-refractivity contribution in [3.8, 4) is 5.75 Å². The fraction of sp³-hybridized carbons (Fsp3) is 0.640. The molecule has 3 fully saturated rings. The van der Waals surface area contributed by atoms with E-state index in [0.29, 0.717) is 11.8 Å². The summed E-state index contributed by atoms with van der Waals surface area (Å²) in [7, 11) is 0. The second-order valence-electron chi connectivity index (χ2n) is 9.64. The van der Waals surface area contributed by atoms with Gasteiger partial charge in [-0.25, -0.2) is 13.2 Å². The molecule has 5 heteroatoms. The van der Waals surface area contributed by atoms with E-state index in [9.17, 15) is 18.0 Å². The van der Waals surface area contributed by atoms with Gasteiger partial charge in [-0.3, -0.25) is 4.79 Å². The molecule has 0 spiro atoms. The summed E-state index contributed by atoms with van der Waals surface area (Å²) in [6.07, 6.45) is 13.5. The molecule has 4 rings (SSSR count). The second kappa shape index (κ2) is 9.15. The van der Waals surface area contributed by atoms with Crippen molar-refractivity contribution >= 4 is 5.97 Å². The molecule has 0 bridgehead atoms. The molecular formula is C25H31F3O2. The van der Waals surface area contributed by atoms with Gasteiger partial charge in [0.25, 0.3) is 0 Å². The minimum absolute atomic E-state index is 0.253. The lowest BCUT2D eigenvalue weighted by atomic mass is 9.61. The van der Waals surface area contributed by atoms with Crippen LogP contribution in [0.1, 0.15) is 64.2 Å². The van der Waals surface area contributed by atoms with Gasteiger partial charge in [0.15, 0.2) is 17.5 Å². The average molecular weight is 421 g/mol. The Bertz CT molecular complexity index is 762. The molecule has 3 saturated carbocycles. The van der Waals surface area contributed by atoms with E-state index >= 15 is 0 Å². The molecule has 164 valence electrons. The van der Waals surface area contributed by atoms with Crippen LogP contribution in [0.2, 0.25) is 0 Å². The molecule has 4 atom stereocenters. The Morgan fingerprint density at radius 1 is 0.833 bits per heavy atom. The first kappa shape index (κ1) is 21.5. The molecule has 4 unspecified atom stereocenters. The monoisotopic (exact) mass is 420 g/mol. The van der Waals surface area contributed by atoms with Gasteiger partial charge in [0, 0.05) is 12.1 Å². The number of hydrogen-bond donors (Lipinski definition) is 0. The summed E-state index contributed by atoms with van der Waals surface area (Å²) >= 11 is 0. The minimum Gasteiger partial charge on any atom is -0.426 e. The number of rotatable bonds is 4. The van der Waals surface area contributed by atoms with Gasteiger partial charge < -0.3 is 4.74 Å². The smallest absolute Gasteiger partial charge is 0.314 e. The van der Waals surface area contributed by atoms with Gasteiger partial charge in [-0.15, -0.1) is 6.58 Å². The van der Waals surface area contributed by atoms with Crippen molar-refractivity contribution in [1.29, 1.82) is 0 Å². The fourth-order valence-corrected chi connectivity index (χ4v) is 6.22. The predicted octanol–water partition coefficient (Wildman–Crippen LogP) is 6.83. The molecule has 0 N–H and O–H groups in total. The molecule has 1 aromatic carbocycles. The lowest BCUT2D eigenvalue weighted by molar-refractivity contribution is -0.140. The van der Waals surface area contributed by atoms with E-state index in [1.807, 2.05) is 0 Å². The standard InChI is InChI=1S/C25H31F3O2/c1-2-15-3-4-20-12-19(10-9-18(20)11-15)16-5-7-17(8-6-16)25(29)30-21-13-22(26)24(28)23(27)14-21/h2,13-20H,1,3-12H2. The van der Waals surface area contributed by atoms with Crippen LogP contribution in [-0.4, -0.2) is 5.97 Å². The lowest BCUT2D eigenvalue weighted by Crippen LogP contribution is -2.35. The molecule has 2 nitrogen and oxygen atoms in total. The Hall–Kier alpha value is -1.78. The number of esters is 1. The van der Waals surface area contributed by atoms with Crippen molar-refractivity contribution < 1.29 is 22.7 Å². The Morgan fingerprint density at radius 2 is 1.37 bits per heavy atom. The summed E-state index contributed by atoms with van der Waals surface area (Å²) in [5.41, 5.74) is 0. The number of carbonyl (C=O) groups is 1. The molecule has 0 amide bonds. The lowest BCUT2D eigenvalue weighted by Gasteiger charge is -2.45. The Balaban J connectivity index is 1.27. The number of halogens is 3. The SMILES string of the molecule is C=CC1CCC2CC(C3CCC(C(=O)Oc4cc(F)c(F)c(F)c4)CC3)CCC2C1. The normalized spacial score (nSPS) is 34.1. The maximum absolute atomic E-state index is 13.3. The molecule has 3 aliphatic rings. The van der Waals surface area contributed by atoms with Crippen molar-refractivity contribution in [2.45, 2.75) is 64.2 Å². The van der Waals surface area contributed by atoms with Crippen LogP contribution in [0.3, 0.4) is 0 Å². The zero-order chi connectivity index (χ0) is 21.3. The van der Waals surface area contributed by atoms with E-state index in [-0.39, 0.29) is 11.7 Å². The summed E-state index contributed by atoms with van der Waals surface area (Å²) in [6, 6.07) is 1.45. The highest BCUT2D eigenvalue weighted by atomic mass is 19.2. The van der Waals surface area contributed by atoms with E-state index in [0.717, 1.165) is 55.6 Å². The number of fused-ring (bicyclic) bond motifs is 1. The van der Waals surface area contributed by atoms with E-state index in [4.69, 9.17) is 4.74 Å². The molecule has 30 heavy (non-hydrogen) atoms. The quantitative estimate of drug-likeness (QED) is 0.231.